The molecule has 0 atom stereocenters. The number of halogens is 1. The number of amides is 1. The van der Waals surface area contributed by atoms with Gasteiger partial charge in [0.2, 0.25) is 5.91 Å². The molecule has 7 heteroatoms. The van der Waals surface area contributed by atoms with Crippen LogP contribution in [0.15, 0.2) is 24.4 Å². The maximum atomic E-state index is 12.8. The molecule has 0 unspecified atom stereocenters. The van der Waals surface area contributed by atoms with Crippen LogP contribution >= 0.6 is 11.6 Å². The molecule has 28 heavy (non-hydrogen) atoms. The number of carbonyl (C=O) groups excluding carboxylic acids is 2. The lowest BCUT2D eigenvalue weighted by atomic mass is 10.1. The molecule has 1 aromatic carbocycles. The quantitative estimate of drug-likeness (QED) is 0.586. The van der Waals surface area contributed by atoms with E-state index in [1.807, 2.05) is 31.7 Å². The molecular formula is C21H28ClN3O3. The third-order valence-corrected chi connectivity index (χ3v) is 4.78. The molecule has 0 aliphatic heterocycles. The summed E-state index contributed by atoms with van der Waals surface area (Å²) in [6.45, 7) is 10.0. The van der Waals surface area contributed by atoms with E-state index in [2.05, 4.69) is 4.98 Å². The van der Waals surface area contributed by atoms with E-state index in [1.165, 1.54) is 6.20 Å². The summed E-state index contributed by atoms with van der Waals surface area (Å²) in [5.41, 5.74) is 1.70. The van der Waals surface area contributed by atoms with Crippen LogP contribution in [0.1, 0.15) is 44.5 Å². The van der Waals surface area contributed by atoms with Crippen LogP contribution < -0.4 is 4.90 Å². The molecule has 152 valence electrons. The Kier molecular flexibility index (Phi) is 8.05. The number of anilines is 1. The summed E-state index contributed by atoms with van der Waals surface area (Å²) in [4.78, 5) is 33.5. The lowest BCUT2D eigenvalue weighted by molar-refractivity contribution is -0.129. The summed E-state index contributed by atoms with van der Waals surface area (Å²) in [6.07, 6.45) is 2.34. The highest BCUT2D eigenvalue weighted by Gasteiger charge is 2.24. The first-order valence-electron chi connectivity index (χ1n) is 9.74. The number of aromatic nitrogens is 1. The Labute approximate surface area is 171 Å². The number of rotatable bonds is 9. The summed E-state index contributed by atoms with van der Waals surface area (Å²) in [5.74, 6) is -0.441. The minimum Gasteiger partial charge on any atom is -0.462 e. The number of ether oxygens (including phenoxy) is 1. The van der Waals surface area contributed by atoms with Crippen LogP contribution in [0, 0.1) is 0 Å². The molecule has 0 aliphatic rings. The van der Waals surface area contributed by atoms with Gasteiger partial charge in [0, 0.05) is 36.2 Å². The summed E-state index contributed by atoms with van der Waals surface area (Å²) in [5, 5.41) is 1.28. The summed E-state index contributed by atoms with van der Waals surface area (Å²) >= 11 is 6.23. The van der Waals surface area contributed by atoms with E-state index in [0.717, 1.165) is 11.8 Å². The van der Waals surface area contributed by atoms with Crippen molar-refractivity contribution in [3.63, 3.8) is 0 Å². The van der Waals surface area contributed by atoms with E-state index in [4.69, 9.17) is 16.3 Å². The number of hydrogen-bond acceptors (Lipinski definition) is 5. The smallest absolute Gasteiger partial charge is 0.341 e. The zero-order valence-corrected chi connectivity index (χ0v) is 17.8. The van der Waals surface area contributed by atoms with Crippen molar-refractivity contribution in [1.82, 2.24) is 9.88 Å². The molecule has 6 nitrogen and oxygen atoms in total. The Morgan fingerprint density at radius 2 is 1.86 bits per heavy atom. The fraction of sp³-hybridized carbons (Fsp3) is 0.476. The van der Waals surface area contributed by atoms with Gasteiger partial charge in [-0.3, -0.25) is 9.78 Å². The molecular weight excluding hydrogens is 378 g/mol. The highest BCUT2D eigenvalue weighted by atomic mass is 35.5. The van der Waals surface area contributed by atoms with Crippen molar-refractivity contribution in [2.24, 2.45) is 0 Å². The zero-order chi connectivity index (χ0) is 20.7. The second kappa shape index (κ2) is 10.3. The minimum absolute atomic E-state index is 0.0141. The third-order valence-electron chi connectivity index (χ3n) is 4.55. The average Bonchev–Trinajstić information content (AvgIpc) is 2.67. The van der Waals surface area contributed by atoms with Crippen LogP contribution in [0.3, 0.4) is 0 Å². The second-order valence-corrected chi connectivity index (χ2v) is 6.83. The Bertz CT molecular complexity index is 837. The number of benzene rings is 1. The Morgan fingerprint density at radius 3 is 2.46 bits per heavy atom. The van der Waals surface area contributed by atoms with Gasteiger partial charge in [0.1, 0.15) is 5.56 Å². The maximum Gasteiger partial charge on any atom is 0.341 e. The predicted octanol–water partition coefficient (Wildman–Crippen LogP) is 4.15. The highest BCUT2D eigenvalue weighted by molar-refractivity contribution is 6.31. The number of likely N-dealkylation sites (N-methyl/N-ethyl adjacent to an activating group) is 1. The van der Waals surface area contributed by atoms with Gasteiger partial charge in [-0.05, 0) is 45.4 Å². The number of fused-ring (bicyclic) bond motifs is 1. The van der Waals surface area contributed by atoms with Gasteiger partial charge in [0.15, 0.2) is 0 Å². The average molecular weight is 406 g/mol. The molecule has 0 aliphatic carbocycles. The van der Waals surface area contributed by atoms with Crippen LogP contribution in [0.2, 0.25) is 5.02 Å². The van der Waals surface area contributed by atoms with Crippen LogP contribution in [-0.2, 0) is 9.53 Å². The van der Waals surface area contributed by atoms with Crippen molar-refractivity contribution < 1.29 is 14.3 Å². The Hall–Kier alpha value is -2.34. The molecule has 0 saturated carbocycles. The number of nitrogens with zero attached hydrogens (tertiary/aromatic N) is 3. The van der Waals surface area contributed by atoms with Crippen molar-refractivity contribution >= 4 is 40.1 Å². The fourth-order valence-electron chi connectivity index (χ4n) is 3.23. The van der Waals surface area contributed by atoms with E-state index >= 15 is 0 Å². The van der Waals surface area contributed by atoms with Crippen molar-refractivity contribution in [3.8, 4) is 0 Å². The normalized spacial score (nSPS) is 10.8. The Morgan fingerprint density at radius 1 is 1.14 bits per heavy atom. The predicted molar refractivity (Wildman–Crippen MR) is 113 cm³/mol. The number of carbonyl (C=O) groups is 2. The maximum absolute atomic E-state index is 12.8. The van der Waals surface area contributed by atoms with Crippen molar-refractivity contribution in [2.75, 3.05) is 37.7 Å². The third kappa shape index (κ3) is 4.93. The monoisotopic (exact) mass is 405 g/mol. The second-order valence-electron chi connectivity index (χ2n) is 6.39. The molecule has 0 spiro atoms. The minimum atomic E-state index is -0.455. The van der Waals surface area contributed by atoms with Crippen LogP contribution in [-0.4, -0.2) is 54.5 Å². The fourth-order valence-corrected chi connectivity index (χ4v) is 3.40. The van der Waals surface area contributed by atoms with E-state index in [1.54, 1.807) is 24.0 Å². The molecule has 0 fully saturated rings. The summed E-state index contributed by atoms with van der Waals surface area (Å²) in [7, 11) is 0. The molecule has 1 heterocycles. The molecule has 0 saturated heterocycles. The van der Waals surface area contributed by atoms with E-state index in [0.29, 0.717) is 41.4 Å². The number of esters is 1. The largest absolute Gasteiger partial charge is 0.462 e. The topological polar surface area (TPSA) is 62.7 Å². The molecule has 1 amide bonds. The Balaban J connectivity index is 2.62. The number of hydrogen-bond donors (Lipinski definition) is 0. The highest BCUT2D eigenvalue weighted by Crippen LogP contribution is 2.32. The van der Waals surface area contributed by atoms with Gasteiger partial charge in [-0.1, -0.05) is 18.5 Å². The summed E-state index contributed by atoms with van der Waals surface area (Å²) < 4.78 is 5.24. The van der Waals surface area contributed by atoms with E-state index in [9.17, 15) is 9.59 Å². The van der Waals surface area contributed by atoms with Gasteiger partial charge in [-0.25, -0.2) is 4.79 Å². The van der Waals surface area contributed by atoms with Crippen molar-refractivity contribution in [1.29, 1.82) is 0 Å². The van der Waals surface area contributed by atoms with Gasteiger partial charge in [-0.15, -0.1) is 0 Å². The van der Waals surface area contributed by atoms with Crippen LogP contribution in [0.25, 0.3) is 10.9 Å². The van der Waals surface area contributed by atoms with Crippen LogP contribution in [0.5, 0.6) is 0 Å². The van der Waals surface area contributed by atoms with Gasteiger partial charge in [-0.2, -0.15) is 0 Å². The number of pyridine rings is 1. The molecule has 2 rings (SSSR count). The van der Waals surface area contributed by atoms with Crippen molar-refractivity contribution in [3.05, 3.63) is 35.0 Å². The molecule has 0 N–H and O–H groups in total. The van der Waals surface area contributed by atoms with E-state index in [-0.39, 0.29) is 19.1 Å². The first kappa shape index (κ1) is 22.0. The van der Waals surface area contributed by atoms with Gasteiger partial charge in [0.25, 0.3) is 0 Å². The SMILES string of the molecule is CCCN(CC(=O)N(CC)CC)c1c(C(=O)OCC)cnc2ccc(Cl)cc12. The lowest BCUT2D eigenvalue weighted by Gasteiger charge is -2.29. The zero-order valence-electron chi connectivity index (χ0n) is 17.0. The van der Waals surface area contributed by atoms with Gasteiger partial charge >= 0.3 is 5.97 Å². The molecule has 1 aromatic heterocycles. The van der Waals surface area contributed by atoms with Crippen molar-refractivity contribution in [2.45, 2.75) is 34.1 Å². The lowest BCUT2D eigenvalue weighted by Crippen LogP contribution is -2.41. The molecule has 2 aromatic rings. The molecule has 0 bridgehead atoms. The first-order valence-corrected chi connectivity index (χ1v) is 10.1. The standard InChI is InChI=1S/C21H28ClN3O3/c1-5-11-25(14-19(26)24(6-2)7-3)20-16-12-15(22)9-10-18(16)23-13-17(20)21(27)28-8-4/h9-10,12-13H,5-8,11,14H2,1-4H3. The summed E-state index contributed by atoms with van der Waals surface area (Å²) in [6, 6.07) is 5.36. The van der Waals surface area contributed by atoms with Gasteiger partial charge < -0.3 is 14.5 Å². The first-order chi connectivity index (χ1) is 13.5. The van der Waals surface area contributed by atoms with Gasteiger partial charge in [0.05, 0.1) is 24.4 Å². The van der Waals surface area contributed by atoms with Crippen LogP contribution in [0.4, 0.5) is 5.69 Å². The molecule has 0 radical (unpaired) electrons. The van der Waals surface area contributed by atoms with E-state index < -0.39 is 5.97 Å².